The number of methoxy groups -OCH3 is 1. The van der Waals surface area contributed by atoms with E-state index in [-0.39, 0.29) is 5.41 Å². The standard InChI is InChI=1S/C17H27NO2/c1-12(14(3,4)5)10-11-13(2)15(6)16(7,18-8)17(15,19)20-9/h10-11,19H,1-2,8H2,3-7,9H3/b11-10-. The van der Waals surface area contributed by atoms with E-state index in [9.17, 15) is 5.11 Å². The molecule has 0 aliphatic heterocycles. The Morgan fingerprint density at radius 1 is 1.20 bits per heavy atom. The van der Waals surface area contributed by atoms with Gasteiger partial charge in [-0.3, -0.25) is 4.99 Å². The third-order valence-electron chi connectivity index (χ3n) is 4.95. The summed E-state index contributed by atoms with van der Waals surface area (Å²) in [7, 11) is 1.47. The second kappa shape index (κ2) is 4.68. The number of hydrogen-bond acceptors (Lipinski definition) is 3. The molecule has 0 radical (unpaired) electrons. The average Bonchev–Trinajstić information content (AvgIpc) is 2.78. The fourth-order valence-corrected chi connectivity index (χ4v) is 2.64. The zero-order valence-corrected chi connectivity index (χ0v) is 13.6. The van der Waals surface area contributed by atoms with Crippen LogP contribution in [0.2, 0.25) is 0 Å². The van der Waals surface area contributed by atoms with E-state index in [4.69, 9.17) is 4.74 Å². The highest BCUT2D eigenvalue weighted by atomic mass is 16.6. The second-order valence-corrected chi connectivity index (χ2v) is 6.84. The minimum Gasteiger partial charge on any atom is -0.363 e. The smallest absolute Gasteiger partial charge is 0.203 e. The van der Waals surface area contributed by atoms with Gasteiger partial charge in [-0.05, 0) is 37.1 Å². The molecule has 3 atom stereocenters. The van der Waals surface area contributed by atoms with Crippen LogP contribution in [0.3, 0.4) is 0 Å². The molecule has 0 spiro atoms. The molecule has 112 valence electrons. The summed E-state index contributed by atoms with van der Waals surface area (Å²) >= 11 is 0. The molecule has 0 aromatic rings. The van der Waals surface area contributed by atoms with Crippen molar-refractivity contribution in [3.8, 4) is 0 Å². The molecule has 0 heterocycles. The highest BCUT2D eigenvalue weighted by Crippen LogP contribution is 2.70. The molecule has 3 nitrogen and oxygen atoms in total. The Morgan fingerprint density at radius 2 is 1.70 bits per heavy atom. The van der Waals surface area contributed by atoms with Crippen molar-refractivity contribution in [1.29, 1.82) is 0 Å². The summed E-state index contributed by atoms with van der Waals surface area (Å²) in [6.07, 6.45) is 3.82. The molecular formula is C17H27NO2. The van der Waals surface area contributed by atoms with Gasteiger partial charge in [0.15, 0.2) is 0 Å². The molecule has 0 bridgehead atoms. The van der Waals surface area contributed by atoms with Gasteiger partial charge < -0.3 is 9.84 Å². The van der Waals surface area contributed by atoms with Gasteiger partial charge in [0.05, 0.1) is 5.41 Å². The molecule has 20 heavy (non-hydrogen) atoms. The van der Waals surface area contributed by atoms with Crippen LogP contribution in [0, 0.1) is 10.8 Å². The molecule has 1 fully saturated rings. The van der Waals surface area contributed by atoms with E-state index in [0.29, 0.717) is 0 Å². The van der Waals surface area contributed by atoms with Gasteiger partial charge in [-0.2, -0.15) is 0 Å². The van der Waals surface area contributed by atoms with Gasteiger partial charge >= 0.3 is 0 Å². The van der Waals surface area contributed by atoms with Crippen molar-refractivity contribution in [3.63, 3.8) is 0 Å². The predicted octanol–water partition coefficient (Wildman–Crippen LogP) is 3.52. The normalized spacial score (nSPS) is 37.0. The van der Waals surface area contributed by atoms with Gasteiger partial charge in [0, 0.05) is 7.11 Å². The lowest BCUT2D eigenvalue weighted by molar-refractivity contribution is -0.133. The van der Waals surface area contributed by atoms with E-state index >= 15 is 0 Å². The SMILES string of the molecule is C=NC1(C)C(O)(OC)C1(C)C(=C)/C=C\C(=C)C(C)(C)C. The van der Waals surface area contributed by atoms with Gasteiger partial charge in [0.2, 0.25) is 5.79 Å². The van der Waals surface area contributed by atoms with E-state index < -0.39 is 16.7 Å². The summed E-state index contributed by atoms with van der Waals surface area (Å²) in [6, 6.07) is 0. The molecule has 0 saturated heterocycles. The largest absolute Gasteiger partial charge is 0.363 e. The number of rotatable bonds is 5. The number of aliphatic hydroxyl groups is 1. The minimum absolute atomic E-state index is 0.00121. The number of aliphatic imine (C=N–C) groups is 1. The molecule has 0 aromatic carbocycles. The van der Waals surface area contributed by atoms with Crippen LogP contribution in [0.1, 0.15) is 34.6 Å². The average molecular weight is 277 g/mol. The Bertz CT molecular complexity index is 486. The van der Waals surface area contributed by atoms with Crippen LogP contribution in [0.4, 0.5) is 0 Å². The van der Waals surface area contributed by atoms with E-state index in [1.807, 2.05) is 26.0 Å². The van der Waals surface area contributed by atoms with Gasteiger partial charge in [-0.25, -0.2) is 0 Å². The molecular weight excluding hydrogens is 250 g/mol. The van der Waals surface area contributed by atoms with Gasteiger partial charge in [-0.15, -0.1) is 0 Å². The summed E-state index contributed by atoms with van der Waals surface area (Å²) in [5.74, 6) is -1.37. The van der Waals surface area contributed by atoms with Crippen LogP contribution in [-0.4, -0.2) is 30.3 Å². The van der Waals surface area contributed by atoms with Crippen molar-refractivity contribution in [2.45, 2.75) is 45.9 Å². The Labute approximate surface area is 122 Å². The zero-order valence-electron chi connectivity index (χ0n) is 13.6. The second-order valence-electron chi connectivity index (χ2n) is 6.84. The molecule has 3 heteroatoms. The van der Waals surface area contributed by atoms with Crippen LogP contribution in [0.25, 0.3) is 0 Å². The maximum absolute atomic E-state index is 10.6. The molecule has 1 aliphatic carbocycles. The van der Waals surface area contributed by atoms with Crippen LogP contribution < -0.4 is 0 Å². The molecule has 1 rings (SSSR count). The van der Waals surface area contributed by atoms with Crippen molar-refractivity contribution >= 4 is 6.72 Å². The summed E-state index contributed by atoms with van der Waals surface area (Å²) in [4.78, 5) is 4.06. The first-order valence-corrected chi connectivity index (χ1v) is 6.74. The summed E-state index contributed by atoms with van der Waals surface area (Å²) in [6.45, 7) is 21.7. The van der Waals surface area contributed by atoms with Gasteiger partial charge in [0.1, 0.15) is 5.54 Å². The zero-order chi connectivity index (χ0) is 16.0. The molecule has 1 saturated carbocycles. The summed E-state index contributed by atoms with van der Waals surface area (Å²) < 4.78 is 5.27. The highest BCUT2D eigenvalue weighted by molar-refractivity contribution is 5.50. The predicted molar refractivity (Wildman–Crippen MR) is 84.9 cm³/mol. The van der Waals surface area contributed by atoms with Gasteiger partial charge in [0.25, 0.3) is 0 Å². The fourth-order valence-electron chi connectivity index (χ4n) is 2.64. The topological polar surface area (TPSA) is 41.8 Å². The third kappa shape index (κ3) is 1.92. The maximum atomic E-state index is 10.6. The summed E-state index contributed by atoms with van der Waals surface area (Å²) in [5, 5.41) is 10.6. The van der Waals surface area contributed by atoms with Crippen molar-refractivity contribution in [2.24, 2.45) is 15.8 Å². The van der Waals surface area contributed by atoms with Crippen molar-refractivity contribution in [2.75, 3.05) is 7.11 Å². The number of nitrogens with zero attached hydrogens (tertiary/aromatic N) is 1. The van der Waals surface area contributed by atoms with Crippen LogP contribution in [0.15, 0.2) is 41.4 Å². The number of allylic oxidation sites excluding steroid dienone is 3. The lowest BCUT2D eigenvalue weighted by Crippen LogP contribution is -2.23. The fraction of sp³-hybridized carbons (Fsp3) is 0.588. The molecule has 1 aliphatic rings. The first-order valence-electron chi connectivity index (χ1n) is 6.74. The van der Waals surface area contributed by atoms with E-state index in [1.165, 1.54) is 7.11 Å². The minimum atomic E-state index is -1.37. The van der Waals surface area contributed by atoms with Crippen molar-refractivity contribution in [1.82, 2.24) is 0 Å². The Balaban J connectivity index is 3.03. The van der Waals surface area contributed by atoms with Crippen molar-refractivity contribution < 1.29 is 9.84 Å². The third-order valence-corrected chi connectivity index (χ3v) is 4.95. The summed E-state index contributed by atoms with van der Waals surface area (Å²) in [5.41, 5.74) is 0.266. The Hall–Kier alpha value is -1.19. The first-order chi connectivity index (χ1) is 8.92. The van der Waals surface area contributed by atoms with Crippen LogP contribution in [-0.2, 0) is 4.74 Å². The molecule has 3 unspecified atom stereocenters. The first kappa shape index (κ1) is 16.9. The lowest BCUT2D eigenvalue weighted by Gasteiger charge is -2.20. The van der Waals surface area contributed by atoms with Crippen LogP contribution >= 0.6 is 0 Å². The Kier molecular flexibility index (Phi) is 3.94. The quantitative estimate of drug-likeness (QED) is 0.474. The van der Waals surface area contributed by atoms with Crippen molar-refractivity contribution in [3.05, 3.63) is 36.5 Å². The van der Waals surface area contributed by atoms with E-state index in [0.717, 1.165) is 11.1 Å². The lowest BCUT2D eigenvalue weighted by atomic mass is 9.86. The van der Waals surface area contributed by atoms with E-state index in [2.05, 4.69) is 45.6 Å². The highest BCUT2D eigenvalue weighted by Gasteiger charge is 2.85. The molecule has 0 amide bonds. The Morgan fingerprint density at radius 3 is 2.00 bits per heavy atom. The van der Waals surface area contributed by atoms with Gasteiger partial charge in [-0.1, -0.05) is 46.1 Å². The number of ether oxygens (including phenoxy) is 1. The molecule has 1 N–H and O–H groups in total. The monoisotopic (exact) mass is 277 g/mol. The van der Waals surface area contributed by atoms with E-state index in [1.54, 1.807) is 0 Å². The van der Waals surface area contributed by atoms with Crippen LogP contribution in [0.5, 0.6) is 0 Å². The number of hydrogen-bond donors (Lipinski definition) is 1. The molecule has 0 aromatic heterocycles. The maximum Gasteiger partial charge on any atom is 0.203 e.